The minimum atomic E-state index is -0.595. The molecule has 3 atom stereocenters. The fraction of sp³-hybridized carbons (Fsp3) is 0.407. The van der Waals surface area contributed by atoms with Gasteiger partial charge in [0, 0.05) is 36.3 Å². The Morgan fingerprint density at radius 1 is 0.974 bits per heavy atom. The van der Waals surface area contributed by atoms with Gasteiger partial charge in [-0.3, -0.25) is 19.9 Å². The van der Waals surface area contributed by atoms with Crippen LogP contribution in [0.5, 0.6) is 0 Å². The molecule has 39 heavy (non-hydrogen) atoms. The number of nitrogens with one attached hydrogen (secondary N) is 3. The molecule has 2 amide bonds. The Hall–Kier alpha value is -3.29. The normalized spacial score (nSPS) is 19.0. The van der Waals surface area contributed by atoms with E-state index >= 15 is 0 Å². The van der Waals surface area contributed by atoms with Crippen LogP contribution in [0.15, 0.2) is 60.0 Å². The molecule has 1 aliphatic heterocycles. The molecule has 1 aromatic heterocycles. The zero-order valence-electron chi connectivity index (χ0n) is 21.4. The van der Waals surface area contributed by atoms with Gasteiger partial charge in [0.2, 0.25) is 11.8 Å². The minimum absolute atomic E-state index is 0.0137. The van der Waals surface area contributed by atoms with E-state index in [1.54, 1.807) is 5.48 Å². The van der Waals surface area contributed by atoms with Gasteiger partial charge in [0.25, 0.3) is 0 Å². The van der Waals surface area contributed by atoms with Crippen LogP contribution in [0.2, 0.25) is 0 Å². The molecule has 2 heterocycles. The number of aliphatic hydroxyl groups excluding tert-OH is 1. The first-order chi connectivity index (χ1) is 19.0. The Morgan fingerprint density at radius 2 is 1.69 bits per heavy atom. The van der Waals surface area contributed by atoms with Crippen LogP contribution in [-0.4, -0.2) is 49.2 Å². The molecule has 1 saturated heterocycles. The topological polar surface area (TPSA) is 159 Å². The number of aromatic nitrogens is 3. The number of ether oxygens (including phenoxy) is 2. The molecular formula is C27H33N5O6S. The zero-order valence-corrected chi connectivity index (χ0v) is 22.2. The average molecular weight is 556 g/mol. The van der Waals surface area contributed by atoms with Crippen LogP contribution in [0.4, 0.5) is 5.69 Å². The Kier molecular flexibility index (Phi) is 10.9. The van der Waals surface area contributed by atoms with Crippen molar-refractivity contribution in [1.29, 1.82) is 0 Å². The van der Waals surface area contributed by atoms with Crippen LogP contribution in [0.25, 0.3) is 0 Å². The van der Waals surface area contributed by atoms with Crippen molar-refractivity contribution in [2.24, 2.45) is 0 Å². The smallest absolute Gasteiger partial charge is 0.243 e. The number of aliphatic hydroxyl groups is 1. The van der Waals surface area contributed by atoms with E-state index in [1.165, 1.54) is 18.1 Å². The lowest BCUT2D eigenvalue weighted by molar-refractivity contribution is -0.245. The maximum atomic E-state index is 12.3. The standard InChI is InChI=1S/C27H33N5O6S/c33-15-18-6-8-19(9-7-18)23-14-22(16-39-27-28-17-29-31-27)37-26(38-23)20-10-12-21(13-11-20)30-24(34)4-2-1-3-5-25(35)32-36/h6-13,17,22-23,26,33,36H,1-5,14-16H2,(H,30,34)(H,32,35)(H,28,29,31). The van der Waals surface area contributed by atoms with Crippen LogP contribution >= 0.6 is 11.8 Å². The molecule has 1 aliphatic rings. The molecule has 0 spiro atoms. The molecule has 1 fully saturated rings. The van der Waals surface area contributed by atoms with Gasteiger partial charge in [0.05, 0.1) is 18.8 Å². The van der Waals surface area contributed by atoms with Crippen LogP contribution in [0.1, 0.15) is 67.6 Å². The Balaban J connectivity index is 1.35. The highest BCUT2D eigenvalue weighted by molar-refractivity contribution is 7.99. The maximum Gasteiger partial charge on any atom is 0.243 e. The second kappa shape index (κ2) is 14.8. The molecule has 3 unspecified atom stereocenters. The van der Waals surface area contributed by atoms with Gasteiger partial charge in [-0.25, -0.2) is 10.5 Å². The van der Waals surface area contributed by atoms with Gasteiger partial charge in [-0.2, -0.15) is 5.10 Å². The van der Waals surface area contributed by atoms with Crippen LogP contribution < -0.4 is 10.8 Å². The first-order valence-corrected chi connectivity index (χ1v) is 13.8. The molecule has 5 N–H and O–H groups in total. The number of carbonyl (C=O) groups excluding carboxylic acids is 2. The fourth-order valence-electron chi connectivity index (χ4n) is 4.21. The molecule has 208 valence electrons. The van der Waals surface area contributed by atoms with Gasteiger partial charge in [0.1, 0.15) is 6.33 Å². The summed E-state index contributed by atoms with van der Waals surface area (Å²) < 4.78 is 12.7. The van der Waals surface area contributed by atoms with Gasteiger partial charge in [-0.15, -0.1) is 0 Å². The lowest BCUT2D eigenvalue weighted by atomic mass is 10.0. The summed E-state index contributed by atoms with van der Waals surface area (Å²) >= 11 is 1.53. The fourth-order valence-corrected chi connectivity index (χ4v) is 5.01. The van der Waals surface area contributed by atoms with Gasteiger partial charge < -0.3 is 19.9 Å². The van der Waals surface area contributed by atoms with E-state index in [-0.39, 0.29) is 31.1 Å². The number of amides is 2. The lowest BCUT2D eigenvalue weighted by Gasteiger charge is -2.36. The van der Waals surface area contributed by atoms with Crippen molar-refractivity contribution in [3.63, 3.8) is 0 Å². The van der Waals surface area contributed by atoms with Crippen molar-refractivity contribution in [2.45, 2.75) is 68.8 Å². The van der Waals surface area contributed by atoms with E-state index in [4.69, 9.17) is 14.7 Å². The number of hydroxylamine groups is 1. The summed E-state index contributed by atoms with van der Waals surface area (Å²) in [6, 6.07) is 15.1. The SMILES string of the molecule is O=C(CCCCCC(=O)Nc1ccc(C2OC(CSc3ncn[nH]3)CC(c3ccc(CO)cc3)O2)cc1)NO. The summed E-state index contributed by atoms with van der Waals surface area (Å²) in [5.41, 5.74) is 4.96. The van der Waals surface area contributed by atoms with Gasteiger partial charge in [-0.05, 0) is 36.1 Å². The molecule has 3 aromatic rings. The summed E-state index contributed by atoms with van der Waals surface area (Å²) in [7, 11) is 0. The molecule has 0 radical (unpaired) electrons. The first-order valence-electron chi connectivity index (χ1n) is 12.9. The Labute approximate surface area is 230 Å². The number of anilines is 1. The highest BCUT2D eigenvalue weighted by atomic mass is 32.2. The third-order valence-electron chi connectivity index (χ3n) is 6.31. The van der Waals surface area contributed by atoms with Crippen LogP contribution in [-0.2, 0) is 25.7 Å². The van der Waals surface area contributed by atoms with Crippen LogP contribution in [0.3, 0.4) is 0 Å². The summed E-state index contributed by atoms with van der Waals surface area (Å²) in [5, 5.41) is 28.3. The van der Waals surface area contributed by atoms with Crippen molar-refractivity contribution in [1.82, 2.24) is 20.7 Å². The van der Waals surface area contributed by atoms with E-state index in [0.29, 0.717) is 37.1 Å². The zero-order chi connectivity index (χ0) is 27.5. The minimum Gasteiger partial charge on any atom is -0.392 e. The van der Waals surface area contributed by atoms with Gasteiger partial charge in [0.15, 0.2) is 11.4 Å². The first kappa shape index (κ1) is 28.7. The van der Waals surface area contributed by atoms with E-state index in [0.717, 1.165) is 28.3 Å². The predicted octanol–water partition coefficient (Wildman–Crippen LogP) is 4.03. The average Bonchev–Trinajstić information content (AvgIpc) is 3.50. The number of H-pyrrole nitrogens is 1. The van der Waals surface area contributed by atoms with Gasteiger partial charge in [-0.1, -0.05) is 54.6 Å². The van der Waals surface area contributed by atoms with E-state index in [2.05, 4.69) is 20.5 Å². The number of rotatable bonds is 13. The van der Waals surface area contributed by atoms with Gasteiger partial charge >= 0.3 is 0 Å². The molecule has 12 heteroatoms. The molecule has 0 aliphatic carbocycles. The van der Waals surface area contributed by atoms with E-state index in [9.17, 15) is 14.7 Å². The molecule has 0 bridgehead atoms. The van der Waals surface area contributed by atoms with Crippen molar-refractivity contribution in [2.75, 3.05) is 11.1 Å². The molecule has 4 rings (SSSR count). The largest absolute Gasteiger partial charge is 0.392 e. The van der Waals surface area contributed by atoms with Crippen molar-refractivity contribution in [3.05, 3.63) is 71.5 Å². The number of hydrogen-bond acceptors (Lipinski definition) is 9. The molecular weight excluding hydrogens is 522 g/mol. The second-order valence-electron chi connectivity index (χ2n) is 9.22. The number of hydrogen-bond donors (Lipinski definition) is 5. The molecule has 11 nitrogen and oxygen atoms in total. The summed E-state index contributed by atoms with van der Waals surface area (Å²) in [5.74, 6) is 0.144. The van der Waals surface area contributed by atoms with E-state index in [1.807, 2.05) is 48.5 Å². The highest BCUT2D eigenvalue weighted by Crippen LogP contribution is 2.39. The Bertz CT molecular complexity index is 1180. The van der Waals surface area contributed by atoms with Crippen molar-refractivity contribution in [3.8, 4) is 0 Å². The second-order valence-corrected chi connectivity index (χ2v) is 10.2. The highest BCUT2D eigenvalue weighted by Gasteiger charge is 2.32. The number of nitrogens with zero attached hydrogens (tertiary/aromatic N) is 2. The number of unbranched alkanes of at least 4 members (excludes halogenated alkanes) is 2. The summed E-state index contributed by atoms with van der Waals surface area (Å²) in [4.78, 5) is 27.5. The quantitative estimate of drug-likeness (QED) is 0.0908. The number of carbonyl (C=O) groups is 2. The third-order valence-corrected chi connectivity index (χ3v) is 7.32. The van der Waals surface area contributed by atoms with E-state index < -0.39 is 12.2 Å². The number of thioether (sulfide) groups is 1. The summed E-state index contributed by atoms with van der Waals surface area (Å²) in [6.07, 6.45) is 3.80. The number of aromatic amines is 1. The molecule has 0 saturated carbocycles. The Morgan fingerprint density at radius 3 is 2.36 bits per heavy atom. The van der Waals surface area contributed by atoms with Crippen molar-refractivity contribution >= 4 is 29.3 Å². The third kappa shape index (κ3) is 8.87. The summed E-state index contributed by atoms with van der Waals surface area (Å²) in [6.45, 7) is -0.0137. The van der Waals surface area contributed by atoms with Crippen LogP contribution in [0, 0.1) is 0 Å². The predicted molar refractivity (Wildman–Crippen MR) is 144 cm³/mol. The van der Waals surface area contributed by atoms with Crippen molar-refractivity contribution < 1.29 is 29.4 Å². The monoisotopic (exact) mass is 555 g/mol. The maximum absolute atomic E-state index is 12.3. The number of benzene rings is 2. The molecule has 2 aromatic carbocycles. The lowest BCUT2D eigenvalue weighted by Crippen LogP contribution is -2.31.